The first-order valence-electron chi connectivity index (χ1n) is 6.40. The van der Waals surface area contributed by atoms with Crippen molar-refractivity contribution in [1.29, 1.82) is 0 Å². The molecule has 3 heteroatoms. The van der Waals surface area contributed by atoms with Gasteiger partial charge in [0, 0.05) is 18.2 Å². The van der Waals surface area contributed by atoms with E-state index in [9.17, 15) is 4.79 Å². The summed E-state index contributed by atoms with van der Waals surface area (Å²) in [5.74, 6) is 0.129. The fraction of sp³-hybridized carbons (Fsp3) is 0.500. The van der Waals surface area contributed by atoms with Gasteiger partial charge in [-0.2, -0.15) is 0 Å². The predicted octanol–water partition coefficient (Wildman–Crippen LogP) is 2.63. The Bertz CT molecular complexity index is 415. The smallest absolute Gasteiger partial charge is 0.224 e. The second-order valence-corrected chi connectivity index (χ2v) is 4.48. The number of carbonyl (C=O) groups is 1. The predicted molar refractivity (Wildman–Crippen MR) is 70.1 cm³/mol. The van der Waals surface area contributed by atoms with Crippen molar-refractivity contribution in [2.45, 2.75) is 39.2 Å². The number of carbonyl (C=O) groups excluding carboxylic acids is 1. The molecule has 0 saturated carbocycles. The van der Waals surface area contributed by atoms with Gasteiger partial charge in [-0.15, -0.1) is 0 Å². The number of nitrogens with one attached hydrogen (secondary N) is 2. The Labute approximate surface area is 103 Å². The minimum Gasteiger partial charge on any atom is -0.326 e. The molecule has 2 rings (SSSR count). The molecule has 0 aliphatic carbocycles. The maximum atomic E-state index is 11.3. The van der Waals surface area contributed by atoms with Crippen LogP contribution < -0.4 is 10.6 Å². The third kappa shape index (κ3) is 2.67. The molecule has 1 aliphatic heterocycles. The van der Waals surface area contributed by atoms with Crippen molar-refractivity contribution in [2.75, 3.05) is 11.9 Å². The van der Waals surface area contributed by atoms with Crippen molar-refractivity contribution in [3.63, 3.8) is 0 Å². The van der Waals surface area contributed by atoms with Gasteiger partial charge in [0.25, 0.3) is 0 Å². The standard InChI is InChI=1S/C14H20N2O/c1-3-12(15-4-2)10-5-7-13-11(9-10)6-8-14(17)16-13/h5,7,9,12,15H,3-4,6,8H2,1-2H3,(H,16,17). The summed E-state index contributed by atoms with van der Waals surface area (Å²) in [7, 11) is 0. The second-order valence-electron chi connectivity index (χ2n) is 4.48. The van der Waals surface area contributed by atoms with E-state index < -0.39 is 0 Å². The van der Waals surface area contributed by atoms with E-state index in [1.165, 1.54) is 11.1 Å². The third-order valence-electron chi connectivity index (χ3n) is 3.29. The molecule has 1 amide bonds. The van der Waals surface area contributed by atoms with Crippen molar-refractivity contribution in [3.8, 4) is 0 Å². The monoisotopic (exact) mass is 232 g/mol. The molecule has 1 heterocycles. The first-order chi connectivity index (χ1) is 8.24. The lowest BCUT2D eigenvalue weighted by atomic mass is 9.96. The number of rotatable bonds is 4. The summed E-state index contributed by atoms with van der Waals surface area (Å²) in [5.41, 5.74) is 3.57. The Morgan fingerprint density at radius 2 is 2.18 bits per heavy atom. The van der Waals surface area contributed by atoms with Crippen molar-refractivity contribution < 1.29 is 4.79 Å². The molecule has 0 spiro atoms. The molecule has 1 aromatic rings. The Morgan fingerprint density at radius 1 is 1.35 bits per heavy atom. The highest BCUT2D eigenvalue weighted by Crippen LogP contribution is 2.27. The SMILES string of the molecule is CCNC(CC)c1ccc2c(c1)CCC(=O)N2. The highest BCUT2D eigenvalue weighted by Gasteiger charge is 2.16. The van der Waals surface area contributed by atoms with Gasteiger partial charge in [0.15, 0.2) is 0 Å². The number of fused-ring (bicyclic) bond motifs is 1. The topological polar surface area (TPSA) is 41.1 Å². The van der Waals surface area contributed by atoms with Crippen molar-refractivity contribution >= 4 is 11.6 Å². The Morgan fingerprint density at radius 3 is 2.88 bits per heavy atom. The molecule has 1 atom stereocenters. The summed E-state index contributed by atoms with van der Waals surface area (Å²) in [5, 5.41) is 6.39. The van der Waals surface area contributed by atoms with Crippen LogP contribution in [0.25, 0.3) is 0 Å². The van der Waals surface area contributed by atoms with Crippen LogP contribution in [0.4, 0.5) is 5.69 Å². The van der Waals surface area contributed by atoms with Gasteiger partial charge in [-0.05, 0) is 36.6 Å². The summed E-state index contributed by atoms with van der Waals surface area (Å²) in [4.78, 5) is 11.3. The molecule has 1 unspecified atom stereocenters. The number of hydrogen-bond donors (Lipinski definition) is 2. The summed E-state index contributed by atoms with van der Waals surface area (Å²) in [6.07, 6.45) is 2.55. The summed E-state index contributed by atoms with van der Waals surface area (Å²) >= 11 is 0. The lowest BCUT2D eigenvalue weighted by Crippen LogP contribution is -2.22. The minimum atomic E-state index is 0.129. The lowest BCUT2D eigenvalue weighted by Gasteiger charge is -2.21. The molecule has 0 fully saturated rings. The van der Waals surface area contributed by atoms with Gasteiger partial charge in [0.05, 0.1) is 0 Å². The van der Waals surface area contributed by atoms with E-state index in [0.717, 1.165) is 25.1 Å². The van der Waals surface area contributed by atoms with E-state index in [1.54, 1.807) is 0 Å². The van der Waals surface area contributed by atoms with Crippen LogP contribution >= 0.6 is 0 Å². The summed E-state index contributed by atoms with van der Waals surface area (Å²) in [6.45, 7) is 5.29. The Balaban J connectivity index is 2.23. The van der Waals surface area contributed by atoms with Gasteiger partial charge in [-0.1, -0.05) is 26.0 Å². The van der Waals surface area contributed by atoms with Crippen LogP contribution in [0.2, 0.25) is 0 Å². The fourth-order valence-electron chi connectivity index (χ4n) is 2.36. The van der Waals surface area contributed by atoms with Crippen LogP contribution in [0.15, 0.2) is 18.2 Å². The van der Waals surface area contributed by atoms with Gasteiger partial charge in [-0.25, -0.2) is 0 Å². The first kappa shape index (κ1) is 12.1. The van der Waals surface area contributed by atoms with E-state index in [1.807, 2.05) is 6.07 Å². The normalized spacial score (nSPS) is 16.2. The lowest BCUT2D eigenvalue weighted by molar-refractivity contribution is -0.116. The molecule has 3 nitrogen and oxygen atoms in total. The van der Waals surface area contributed by atoms with Crippen LogP contribution in [-0.2, 0) is 11.2 Å². The van der Waals surface area contributed by atoms with Crippen molar-refractivity contribution in [3.05, 3.63) is 29.3 Å². The van der Waals surface area contributed by atoms with E-state index >= 15 is 0 Å². The number of amides is 1. The third-order valence-corrected chi connectivity index (χ3v) is 3.29. The van der Waals surface area contributed by atoms with E-state index in [-0.39, 0.29) is 5.91 Å². The van der Waals surface area contributed by atoms with Crippen LogP contribution in [0.5, 0.6) is 0 Å². The van der Waals surface area contributed by atoms with E-state index in [4.69, 9.17) is 0 Å². The van der Waals surface area contributed by atoms with E-state index in [0.29, 0.717) is 12.5 Å². The maximum absolute atomic E-state index is 11.3. The zero-order valence-electron chi connectivity index (χ0n) is 10.5. The first-order valence-corrected chi connectivity index (χ1v) is 6.40. The molecular weight excluding hydrogens is 212 g/mol. The van der Waals surface area contributed by atoms with Gasteiger partial charge < -0.3 is 10.6 Å². The zero-order chi connectivity index (χ0) is 12.3. The Hall–Kier alpha value is -1.35. The quantitative estimate of drug-likeness (QED) is 0.838. The highest BCUT2D eigenvalue weighted by atomic mass is 16.1. The molecule has 0 bridgehead atoms. The maximum Gasteiger partial charge on any atom is 0.224 e. The molecule has 17 heavy (non-hydrogen) atoms. The molecular formula is C14H20N2O. The Kier molecular flexibility index (Phi) is 3.79. The van der Waals surface area contributed by atoms with Crippen LogP contribution in [-0.4, -0.2) is 12.5 Å². The van der Waals surface area contributed by atoms with Crippen LogP contribution in [0.1, 0.15) is 43.9 Å². The molecule has 1 aliphatic rings. The average molecular weight is 232 g/mol. The highest BCUT2D eigenvalue weighted by molar-refractivity contribution is 5.93. The second kappa shape index (κ2) is 5.32. The number of aryl methyl sites for hydroxylation is 1. The number of hydrogen-bond acceptors (Lipinski definition) is 2. The van der Waals surface area contributed by atoms with Gasteiger partial charge in [0.2, 0.25) is 5.91 Å². The van der Waals surface area contributed by atoms with Crippen LogP contribution in [0, 0.1) is 0 Å². The fourth-order valence-corrected chi connectivity index (χ4v) is 2.36. The molecule has 0 radical (unpaired) electrons. The number of anilines is 1. The number of benzene rings is 1. The van der Waals surface area contributed by atoms with Crippen molar-refractivity contribution in [1.82, 2.24) is 5.32 Å². The summed E-state index contributed by atoms with van der Waals surface area (Å²) < 4.78 is 0. The minimum absolute atomic E-state index is 0.129. The van der Waals surface area contributed by atoms with Crippen molar-refractivity contribution in [2.24, 2.45) is 0 Å². The average Bonchev–Trinajstić information content (AvgIpc) is 2.35. The van der Waals surface area contributed by atoms with Gasteiger partial charge in [-0.3, -0.25) is 4.79 Å². The molecule has 0 saturated heterocycles. The molecule has 2 N–H and O–H groups in total. The molecule has 92 valence electrons. The zero-order valence-corrected chi connectivity index (χ0v) is 10.5. The molecule has 1 aromatic carbocycles. The van der Waals surface area contributed by atoms with Crippen LogP contribution in [0.3, 0.4) is 0 Å². The molecule has 0 aromatic heterocycles. The van der Waals surface area contributed by atoms with Gasteiger partial charge >= 0.3 is 0 Å². The van der Waals surface area contributed by atoms with Gasteiger partial charge in [0.1, 0.15) is 0 Å². The summed E-state index contributed by atoms with van der Waals surface area (Å²) in [6, 6.07) is 6.79. The largest absolute Gasteiger partial charge is 0.326 e. The van der Waals surface area contributed by atoms with E-state index in [2.05, 4.69) is 36.6 Å².